The lowest BCUT2D eigenvalue weighted by Crippen LogP contribution is -2.07. The zero-order valence-electron chi connectivity index (χ0n) is 6.14. The smallest absolute Gasteiger partial charge is 0.420 e. The first-order chi connectivity index (χ1) is 5.55. The molecule has 0 aliphatic rings. The molecule has 0 N–H and O–H groups in total. The molecule has 0 saturated carbocycles. The summed E-state index contributed by atoms with van der Waals surface area (Å²) < 4.78 is 40.8. The van der Waals surface area contributed by atoms with Crippen molar-refractivity contribution in [1.82, 2.24) is 4.98 Å². The van der Waals surface area contributed by atoms with Crippen molar-refractivity contribution in [3.63, 3.8) is 0 Å². The van der Waals surface area contributed by atoms with Crippen LogP contribution in [0.2, 0.25) is 0 Å². The molecule has 0 saturated heterocycles. The van der Waals surface area contributed by atoms with E-state index in [1.54, 1.807) is 0 Å². The molecule has 1 radical (unpaired) electrons. The highest BCUT2D eigenvalue weighted by molar-refractivity contribution is 5.31. The third-order valence-electron chi connectivity index (χ3n) is 1.26. The van der Waals surface area contributed by atoms with Crippen LogP contribution in [0.25, 0.3) is 0 Å². The minimum Gasteiger partial charge on any atom is -0.495 e. The van der Waals surface area contributed by atoms with Crippen molar-refractivity contribution < 1.29 is 17.9 Å². The molecule has 0 spiro atoms. The molecule has 0 aliphatic heterocycles. The summed E-state index contributed by atoms with van der Waals surface area (Å²) in [5.74, 6) is -0.291. The fourth-order valence-corrected chi connectivity index (χ4v) is 0.723. The van der Waals surface area contributed by atoms with Gasteiger partial charge in [0.05, 0.1) is 19.5 Å². The van der Waals surface area contributed by atoms with Crippen LogP contribution in [0.1, 0.15) is 5.56 Å². The van der Waals surface area contributed by atoms with Crippen LogP contribution in [-0.4, -0.2) is 12.1 Å². The summed E-state index contributed by atoms with van der Waals surface area (Å²) in [5.41, 5.74) is -0.861. The number of methoxy groups -OCH3 is 1. The summed E-state index contributed by atoms with van der Waals surface area (Å²) in [5, 5.41) is 0. The molecule has 12 heavy (non-hydrogen) atoms. The van der Waals surface area contributed by atoms with Gasteiger partial charge in [0.2, 0.25) is 0 Å². The highest BCUT2D eigenvalue weighted by atomic mass is 19.4. The third kappa shape index (κ3) is 1.66. The summed E-state index contributed by atoms with van der Waals surface area (Å²) in [6, 6.07) is 0.749. The van der Waals surface area contributed by atoms with Gasteiger partial charge in [-0.1, -0.05) is 0 Å². The van der Waals surface area contributed by atoms with E-state index in [-0.39, 0.29) is 5.75 Å². The number of ether oxygens (including phenoxy) is 1. The standard InChI is InChI=1S/C7H5F3NO/c1-12-6-4-11-3-2-5(6)7(8,9)10/h2,4H,1H3. The number of nitrogens with zero attached hydrogens (tertiary/aromatic N) is 1. The Bertz CT molecular complexity index is 272. The van der Waals surface area contributed by atoms with E-state index in [1.165, 1.54) is 0 Å². The van der Waals surface area contributed by atoms with Crippen LogP contribution in [0.5, 0.6) is 5.75 Å². The third-order valence-corrected chi connectivity index (χ3v) is 1.26. The second kappa shape index (κ2) is 3.00. The van der Waals surface area contributed by atoms with E-state index in [0.29, 0.717) is 0 Å². The van der Waals surface area contributed by atoms with Gasteiger partial charge in [0.1, 0.15) is 11.3 Å². The second-order valence-corrected chi connectivity index (χ2v) is 2.01. The lowest BCUT2D eigenvalue weighted by Gasteiger charge is -2.09. The van der Waals surface area contributed by atoms with Gasteiger partial charge in [-0.05, 0) is 6.07 Å². The van der Waals surface area contributed by atoms with E-state index < -0.39 is 11.7 Å². The summed E-state index contributed by atoms with van der Waals surface area (Å²) in [6.45, 7) is 0. The van der Waals surface area contributed by atoms with Crippen LogP contribution in [-0.2, 0) is 6.18 Å². The Morgan fingerprint density at radius 1 is 1.50 bits per heavy atom. The zero-order valence-corrected chi connectivity index (χ0v) is 6.14. The number of hydrogen-bond acceptors (Lipinski definition) is 2. The van der Waals surface area contributed by atoms with Crippen LogP contribution >= 0.6 is 0 Å². The Morgan fingerprint density at radius 2 is 2.17 bits per heavy atom. The van der Waals surface area contributed by atoms with Crippen molar-refractivity contribution in [2.45, 2.75) is 6.18 Å². The van der Waals surface area contributed by atoms with Gasteiger partial charge in [0.15, 0.2) is 0 Å². The van der Waals surface area contributed by atoms with Crippen molar-refractivity contribution in [2.75, 3.05) is 7.11 Å². The van der Waals surface area contributed by atoms with Crippen molar-refractivity contribution in [3.8, 4) is 5.75 Å². The molecule has 0 amide bonds. The molecule has 1 heterocycles. The Hall–Kier alpha value is -1.26. The number of alkyl halides is 3. The van der Waals surface area contributed by atoms with Crippen LogP contribution < -0.4 is 4.74 Å². The Morgan fingerprint density at radius 3 is 2.58 bits per heavy atom. The normalized spacial score (nSPS) is 11.3. The summed E-state index contributed by atoms with van der Waals surface area (Å²) in [7, 11) is 1.16. The van der Waals surface area contributed by atoms with Crippen molar-refractivity contribution >= 4 is 0 Å². The van der Waals surface area contributed by atoms with E-state index in [0.717, 1.165) is 19.4 Å². The molecule has 5 heteroatoms. The van der Waals surface area contributed by atoms with Gasteiger partial charge in [-0.2, -0.15) is 13.2 Å². The first-order valence-electron chi connectivity index (χ1n) is 3.03. The minimum absolute atomic E-state index is 0.291. The average Bonchev–Trinajstić information content (AvgIpc) is 2.03. The second-order valence-electron chi connectivity index (χ2n) is 2.01. The first-order valence-corrected chi connectivity index (χ1v) is 3.03. The predicted molar refractivity (Wildman–Crippen MR) is 34.6 cm³/mol. The molecule has 0 atom stereocenters. The number of rotatable bonds is 1. The molecule has 1 rings (SSSR count). The fourth-order valence-electron chi connectivity index (χ4n) is 0.723. The number of hydrogen-bond donors (Lipinski definition) is 0. The fraction of sp³-hybridized carbons (Fsp3) is 0.286. The highest BCUT2D eigenvalue weighted by Gasteiger charge is 2.34. The largest absolute Gasteiger partial charge is 0.495 e. The van der Waals surface area contributed by atoms with E-state index in [9.17, 15) is 13.2 Å². The molecule has 0 aromatic carbocycles. The first kappa shape index (κ1) is 8.83. The molecule has 0 fully saturated rings. The Balaban J connectivity index is 3.14. The Labute approximate surface area is 67.0 Å². The van der Waals surface area contributed by atoms with E-state index >= 15 is 0 Å². The molecule has 0 bridgehead atoms. The molecular weight excluding hydrogens is 171 g/mol. The summed E-state index contributed by atoms with van der Waals surface area (Å²) in [4.78, 5) is 3.38. The van der Waals surface area contributed by atoms with E-state index in [4.69, 9.17) is 0 Å². The molecule has 1 aromatic rings. The zero-order chi connectivity index (χ0) is 9.19. The highest BCUT2D eigenvalue weighted by Crippen LogP contribution is 2.34. The van der Waals surface area contributed by atoms with Gasteiger partial charge in [-0.25, -0.2) is 0 Å². The van der Waals surface area contributed by atoms with Gasteiger partial charge in [-0.3, -0.25) is 4.98 Å². The quantitative estimate of drug-likeness (QED) is 0.652. The summed E-state index contributed by atoms with van der Waals surface area (Å²) >= 11 is 0. The van der Waals surface area contributed by atoms with E-state index in [2.05, 4.69) is 15.9 Å². The maximum atomic E-state index is 12.1. The molecule has 0 aliphatic carbocycles. The number of halogens is 3. The summed E-state index contributed by atoms with van der Waals surface area (Å²) in [6.07, 6.45) is -1.34. The lowest BCUT2D eigenvalue weighted by atomic mass is 10.2. The van der Waals surface area contributed by atoms with Crippen molar-refractivity contribution in [3.05, 3.63) is 24.0 Å². The maximum Gasteiger partial charge on any atom is 0.420 e. The topological polar surface area (TPSA) is 22.1 Å². The lowest BCUT2D eigenvalue weighted by molar-refractivity contribution is -0.138. The van der Waals surface area contributed by atoms with Crippen LogP contribution in [0.4, 0.5) is 13.2 Å². The van der Waals surface area contributed by atoms with Gasteiger partial charge >= 0.3 is 6.18 Å². The van der Waals surface area contributed by atoms with E-state index in [1.807, 2.05) is 0 Å². The average molecular weight is 176 g/mol. The molecule has 2 nitrogen and oxygen atoms in total. The monoisotopic (exact) mass is 176 g/mol. The van der Waals surface area contributed by atoms with Crippen LogP contribution in [0, 0.1) is 6.20 Å². The molecule has 65 valence electrons. The van der Waals surface area contributed by atoms with Gasteiger partial charge < -0.3 is 4.74 Å². The van der Waals surface area contributed by atoms with Crippen molar-refractivity contribution in [2.24, 2.45) is 0 Å². The van der Waals surface area contributed by atoms with Gasteiger partial charge in [0, 0.05) is 0 Å². The van der Waals surface area contributed by atoms with Crippen molar-refractivity contribution in [1.29, 1.82) is 0 Å². The number of aromatic nitrogens is 1. The minimum atomic E-state index is -4.41. The Kier molecular flexibility index (Phi) is 2.21. The van der Waals surface area contributed by atoms with Crippen LogP contribution in [0.3, 0.4) is 0 Å². The maximum absolute atomic E-state index is 12.1. The molecule has 0 unspecified atom stereocenters. The SMILES string of the molecule is COc1cn[c]cc1C(F)(F)F. The van der Waals surface area contributed by atoms with Gasteiger partial charge in [-0.15, -0.1) is 0 Å². The molecular formula is C7H5F3NO. The molecule has 1 aromatic heterocycles. The van der Waals surface area contributed by atoms with Crippen LogP contribution in [0.15, 0.2) is 12.3 Å². The van der Waals surface area contributed by atoms with Gasteiger partial charge in [0.25, 0.3) is 0 Å². The number of pyridine rings is 1. The predicted octanol–water partition coefficient (Wildman–Crippen LogP) is 1.91.